The molecule has 3 rings (SSSR count). The summed E-state index contributed by atoms with van der Waals surface area (Å²) >= 11 is 0. The van der Waals surface area contributed by atoms with Crippen molar-refractivity contribution in [2.75, 3.05) is 10.6 Å². The fourth-order valence-corrected chi connectivity index (χ4v) is 3.12. The van der Waals surface area contributed by atoms with Gasteiger partial charge in [0.05, 0.1) is 0 Å². The number of fused-ring (bicyclic) bond motifs is 1. The van der Waals surface area contributed by atoms with Gasteiger partial charge in [0.1, 0.15) is 6.04 Å². The molecule has 1 aliphatic rings. The summed E-state index contributed by atoms with van der Waals surface area (Å²) in [6.07, 6.45) is 4.50. The average molecular weight is 337 g/mol. The Morgan fingerprint density at radius 3 is 2.52 bits per heavy atom. The molecule has 2 aromatic carbocycles. The Kier molecular flexibility index (Phi) is 5.33. The van der Waals surface area contributed by atoms with E-state index in [4.69, 9.17) is 0 Å². The van der Waals surface area contributed by atoms with E-state index in [0.29, 0.717) is 5.69 Å². The summed E-state index contributed by atoms with van der Waals surface area (Å²) in [4.78, 5) is 24.2. The van der Waals surface area contributed by atoms with Crippen LogP contribution in [0.2, 0.25) is 0 Å². The number of imide groups is 1. The van der Waals surface area contributed by atoms with Crippen molar-refractivity contribution in [2.45, 2.75) is 38.6 Å². The van der Waals surface area contributed by atoms with E-state index < -0.39 is 12.1 Å². The summed E-state index contributed by atoms with van der Waals surface area (Å²) in [6, 6.07) is 14.2. The number of urea groups is 1. The number of carbonyl (C=O) groups excluding carboxylic acids is 2. The number of anilines is 2. The number of benzene rings is 2. The Labute approximate surface area is 147 Å². The molecule has 0 bridgehead atoms. The van der Waals surface area contributed by atoms with Crippen LogP contribution < -0.4 is 16.0 Å². The maximum absolute atomic E-state index is 12.3. The van der Waals surface area contributed by atoms with Crippen molar-refractivity contribution in [2.24, 2.45) is 0 Å². The van der Waals surface area contributed by atoms with Crippen LogP contribution in [-0.4, -0.2) is 18.0 Å². The molecular weight excluding hydrogens is 314 g/mol. The van der Waals surface area contributed by atoms with Crippen LogP contribution in [-0.2, 0) is 17.6 Å². The zero-order chi connectivity index (χ0) is 17.6. The van der Waals surface area contributed by atoms with Crippen molar-refractivity contribution in [1.29, 1.82) is 0 Å². The highest BCUT2D eigenvalue weighted by Gasteiger charge is 2.19. The van der Waals surface area contributed by atoms with Crippen molar-refractivity contribution in [3.05, 3.63) is 59.7 Å². The van der Waals surface area contributed by atoms with E-state index in [1.807, 2.05) is 30.3 Å². The normalized spacial score (nSPS) is 14.1. The second-order valence-electron chi connectivity index (χ2n) is 6.33. The van der Waals surface area contributed by atoms with Crippen molar-refractivity contribution < 1.29 is 9.59 Å². The van der Waals surface area contributed by atoms with Gasteiger partial charge in [-0.3, -0.25) is 10.1 Å². The second kappa shape index (κ2) is 7.83. The average Bonchev–Trinajstić information content (AvgIpc) is 2.62. The van der Waals surface area contributed by atoms with Crippen molar-refractivity contribution in [1.82, 2.24) is 5.32 Å². The molecule has 2 aromatic rings. The van der Waals surface area contributed by atoms with E-state index in [1.165, 1.54) is 24.0 Å². The second-order valence-corrected chi connectivity index (χ2v) is 6.33. The Balaban J connectivity index is 1.59. The summed E-state index contributed by atoms with van der Waals surface area (Å²) in [6.45, 7) is 1.76. The SMILES string of the molecule is CC(Nc1cccc2c1CCCC2)C(=O)NC(=O)Nc1ccccc1. The molecule has 0 aromatic heterocycles. The number of para-hydroxylation sites is 1. The van der Waals surface area contributed by atoms with Gasteiger partial charge in [-0.25, -0.2) is 4.79 Å². The molecule has 0 spiro atoms. The van der Waals surface area contributed by atoms with Crippen LogP contribution in [0.15, 0.2) is 48.5 Å². The third-order valence-corrected chi connectivity index (χ3v) is 4.43. The summed E-state index contributed by atoms with van der Waals surface area (Å²) in [5, 5.41) is 8.27. The molecule has 0 saturated carbocycles. The summed E-state index contributed by atoms with van der Waals surface area (Å²) in [5.41, 5.74) is 4.28. The lowest BCUT2D eigenvalue weighted by Gasteiger charge is -2.22. The molecule has 5 nitrogen and oxygen atoms in total. The molecule has 1 atom stereocenters. The Hall–Kier alpha value is -2.82. The number of hydrogen-bond acceptors (Lipinski definition) is 3. The molecule has 3 amide bonds. The van der Waals surface area contributed by atoms with Gasteiger partial charge in [0.15, 0.2) is 0 Å². The van der Waals surface area contributed by atoms with Gasteiger partial charge >= 0.3 is 6.03 Å². The van der Waals surface area contributed by atoms with E-state index in [0.717, 1.165) is 18.5 Å². The fourth-order valence-electron chi connectivity index (χ4n) is 3.12. The van der Waals surface area contributed by atoms with Crippen LogP contribution in [0.1, 0.15) is 30.9 Å². The lowest BCUT2D eigenvalue weighted by Crippen LogP contribution is -2.43. The summed E-state index contributed by atoms with van der Waals surface area (Å²) in [7, 11) is 0. The van der Waals surface area contributed by atoms with Crippen LogP contribution >= 0.6 is 0 Å². The van der Waals surface area contributed by atoms with Crippen LogP contribution in [0, 0.1) is 0 Å². The molecule has 1 unspecified atom stereocenters. The smallest absolute Gasteiger partial charge is 0.325 e. The first-order chi connectivity index (χ1) is 12.1. The van der Waals surface area contributed by atoms with E-state index in [9.17, 15) is 9.59 Å². The molecule has 0 saturated heterocycles. The van der Waals surface area contributed by atoms with E-state index >= 15 is 0 Å². The third-order valence-electron chi connectivity index (χ3n) is 4.43. The fraction of sp³-hybridized carbons (Fsp3) is 0.300. The highest BCUT2D eigenvalue weighted by molar-refractivity contribution is 6.03. The number of carbonyl (C=O) groups is 2. The number of hydrogen-bond donors (Lipinski definition) is 3. The molecule has 5 heteroatoms. The highest BCUT2D eigenvalue weighted by atomic mass is 16.2. The first-order valence-electron chi connectivity index (χ1n) is 8.67. The quantitative estimate of drug-likeness (QED) is 0.796. The Morgan fingerprint density at radius 2 is 1.72 bits per heavy atom. The zero-order valence-corrected chi connectivity index (χ0v) is 14.3. The van der Waals surface area contributed by atoms with E-state index in [1.54, 1.807) is 19.1 Å². The van der Waals surface area contributed by atoms with Gasteiger partial charge < -0.3 is 10.6 Å². The monoisotopic (exact) mass is 337 g/mol. The van der Waals surface area contributed by atoms with E-state index in [-0.39, 0.29) is 5.91 Å². The van der Waals surface area contributed by atoms with Gasteiger partial charge in [-0.05, 0) is 61.9 Å². The molecule has 0 radical (unpaired) electrons. The molecule has 0 fully saturated rings. The predicted molar refractivity (Wildman–Crippen MR) is 99.8 cm³/mol. The first-order valence-corrected chi connectivity index (χ1v) is 8.67. The predicted octanol–water partition coefficient (Wildman–Crippen LogP) is 3.71. The van der Waals surface area contributed by atoms with Crippen LogP contribution in [0.3, 0.4) is 0 Å². The number of rotatable bonds is 4. The van der Waals surface area contributed by atoms with Gasteiger partial charge in [0, 0.05) is 11.4 Å². The lowest BCUT2D eigenvalue weighted by atomic mass is 9.90. The molecule has 25 heavy (non-hydrogen) atoms. The number of aryl methyl sites for hydroxylation is 1. The van der Waals surface area contributed by atoms with Gasteiger partial charge in [-0.1, -0.05) is 30.3 Å². The van der Waals surface area contributed by atoms with E-state index in [2.05, 4.69) is 22.0 Å². The maximum Gasteiger partial charge on any atom is 0.325 e. The summed E-state index contributed by atoms with van der Waals surface area (Å²) < 4.78 is 0. The minimum Gasteiger partial charge on any atom is -0.374 e. The summed E-state index contributed by atoms with van der Waals surface area (Å²) in [5.74, 6) is -0.359. The van der Waals surface area contributed by atoms with Gasteiger partial charge in [-0.15, -0.1) is 0 Å². The largest absolute Gasteiger partial charge is 0.374 e. The zero-order valence-electron chi connectivity index (χ0n) is 14.3. The molecule has 3 N–H and O–H groups in total. The van der Waals surface area contributed by atoms with Crippen LogP contribution in [0.5, 0.6) is 0 Å². The Bertz CT molecular complexity index is 759. The molecule has 0 aliphatic heterocycles. The standard InChI is InChI=1S/C20H23N3O2/c1-14(19(24)23-20(25)22-16-10-3-2-4-11-16)21-18-13-7-9-15-8-5-6-12-17(15)18/h2-4,7,9-11,13-14,21H,5-6,8,12H2,1H3,(H2,22,23,24,25). The van der Waals surface area contributed by atoms with Crippen molar-refractivity contribution in [3.8, 4) is 0 Å². The highest BCUT2D eigenvalue weighted by Crippen LogP contribution is 2.28. The maximum atomic E-state index is 12.3. The first kappa shape index (κ1) is 17.0. The minimum atomic E-state index is -0.528. The molecular formula is C20H23N3O2. The van der Waals surface area contributed by atoms with Gasteiger partial charge in [-0.2, -0.15) is 0 Å². The van der Waals surface area contributed by atoms with Gasteiger partial charge in [0.2, 0.25) is 5.91 Å². The lowest BCUT2D eigenvalue weighted by molar-refractivity contribution is -0.120. The molecule has 130 valence electrons. The van der Waals surface area contributed by atoms with Crippen LogP contribution in [0.25, 0.3) is 0 Å². The minimum absolute atomic E-state index is 0.359. The topological polar surface area (TPSA) is 70.2 Å². The molecule has 0 heterocycles. The number of amides is 3. The number of nitrogens with one attached hydrogen (secondary N) is 3. The van der Waals surface area contributed by atoms with Crippen LogP contribution in [0.4, 0.5) is 16.2 Å². The molecule has 1 aliphatic carbocycles. The van der Waals surface area contributed by atoms with Gasteiger partial charge in [0.25, 0.3) is 0 Å². The third kappa shape index (κ3) is 4.38. The Morgan fingerprint density at radius 1 is 0.960 bits per heavy atom. The van der Waals surface area contributed by atoms with Crippen molar-refractivity contribution in [3.63, 3.8) is 0 Å². The van der Waals surface area contributed by atoms with Crippen molar-refractivity contribution >= 4 is 23.3 Å².